The zero-order valence-corrected chi connectivity index (χ0v) is 11.7. The van der Waals surface area contributed by atoms with E-state index < -0.39 is 17.6 Å². The third-order valence-electron chi connectivity index (χ3n) is 3.50. The molecule has 0 aliphatic rings. The van der Waals surface area contributed by atoms with Crippen LogP contribution < -0.4 is 5.69 Å². The quantitative estimate of drug-likeness (QED) is 0.693. The number of aromatic nitrogens is 4. The number of imidazole rings is 1. The lowest BCUT2D eigenvalue weighted by Gasteiger charge is -2.12. The molecule has 3 heterocycles. The summed E-state index contributed by atoms with van der Waals surface area (Å²) in [6.45, 7) is 0. The van der Waals surface area contributed by atoms with Crippen LogP contribution in [0.15, 0.2) is 35.4 Å². The van der Waals surface area contributed by atoms with Crippen molar-refractivity contribution in [2.45, 2.75) is 6.18 Å². The first-order valence-corrected chi connectivity index (χ1v) is 6.34. The molecule has 0 saturated heterocycles. The lowest BCUT2D eigenvalue weighted by Crippen LogP contribution is -2.19. The molecule has 0 aliphatic heterocycles. The van der Waals surface area contributed by atoms with Crippen LogP contribution in [0.1, 0.15) is 5.69 Å². The molecule has 8 heteroatoms. The Bertz CT molecular complexity index is 910. The molecule has 0 amide bonds. The number of hydrogen-bond donors (Lipinski definition) is 0. The summed E-state index contributed by atoms with van der Waals surface area (Å²) in [4.78, 5) is 19.4. The highest BCUT2D eigenvalue weighted by Crippen LogP contribution is 2.37. The minimum absolute atomic E-state index is 0.00219. The fraction of sp³-hybridized carbons (Fsp3) is 0.214. The van der Waals surface area contributed by atoms with Gasteiger partial charge in [0.05, 0.1) is 5.52 Å². The molecule has 0 fully saturated rings. The van der Waals surface area contributed by atoms with Crippen molar-refractivity contribution >= 4 is 11.2 Å². The summed E-state index contributed by atoms with van der Waals surface area (Å²) in [5, 5.41) is 0. The lowest BCUT2D eigenvalue weighted by atomic mass is 10.0. The Morgan fingerprint density at radius 2 is 1.73 bits per heavy atom. The van der Waals surface area contributed by atoms with E-state index in [-0.39, 0.29) is 11.2 Å². The molecule has 0 N–H and O–H groups in total. The van der Waals surface area contributed by atoms with Crippen molar-refractivity contribution in [1.29, 1.82) is 0 Å². The van der Waals surface area contributed by atoms with E-state index in [2.05, 4.69) is 9.97 Å². The van der Waals surface area contributed by atoms with Gasteiger partial charge in [-0.15, -0.1) is 0 Å². The highest BCUT2D eigenvalue weighted by atomic mass is 19.4. The van der Waals surface area contributed by atoms with E-state index in [1.165, 1.54) is 49.3 Å². The highest BCUT2D eigenvalue weighted by Gasteiger charge is 2.37. The van der Waals surface area contributed by atoms with Gasteiger partial charge in [-0.1, -0.05) is 0 Å². The Balaban J connectivity index is 2.44. The minimum Gasteiger partial charge on any atom is -0.293 e. The Kier molecular flexibility index (Phi) is 3.05. The van der Waals surface area contributed by atoms with Gasteiger partial charge < -0.3 is 0 Å². The normalized spacial score (nSPS) is 12.0. The molecule has 5 nitrogen and oxygen atoms in total. The highest BCUT2D eigenvalue weighted by molar-refractivity contribution is 5.81. The van der Waals surface area contributed by atoms with Crippen LogP contribution in [-0.4, -0.2) is 19.1 Å². The standard InChI is InChI=1S/C14H11F3N4O/c1-20-10-7-9(8-3-5-18-6-4-8)11(14(15,16)17)19-12(10)21(2)13(20)22/h3-7H,1-2H3. The molecular weight excluding hydrogens is 297 g/mol. The first-order valence-electron chi connectivity index (χ1n) is 6.34. The van der Waals surface area contributed by atoms with E-state index in [0.717, 1.165) is 4.57 Å². The number of aryl methyl sites for hydroxylation is 2. The molecule has 22 heavy (non-hydrogen) atoms. The number of alkyl halides is 3. The van der Waals surface area contributed by atoms with Crippen molar-refractivity contribution in [3.8, 4) is 11.1 Å². The third kappa shape index (κ3) is 2.07. The second-order valence-corrected chi connectivity index (χ2v) is 4.86. The van der Waals surface area contributed by atoms with Crippen LogP contribution in [-0.2, 0) is 20.3 Å². The van der Waals surface area contributed by atoms with E-state index in [1.54, 1.807) is 0 Å². The van der Waals surface area contributed by atoms with E-state index in [1.807, 2.05) is 0 Å². The van der Waals surface area contributed by atoms with Gasteiger partial charge in [0.15, 0.2) is 11.3 Å². The summed E-state index contributed by atoms with van der Waals surface area (Å²) in [5.74, 6) is 0. The van der Waals surface area contributed by atoms with Gasteiger partial charge in [-0.3, -0.25) is 14.1 Å². The first kappa shape index (κ1) is 14.3. The van der Waals surface area contributed by atoms with Crippen molar-refractivity contribution in [2.75, 3.05) is 0 Å². The maximum absolute atomic E-state index is 13.3. The molecule has 114 valence electrons. The molecule has 3 rings (SSSR count). The van der Waals surface area contributed by atoms with Crippen LogP contribution in [0.4, 0.5) is 13.2 Å². The van der Waals surface area contributed by atoms with E-state index >= 15 is 0 Å². The summed E-state index contributed by atoms with van der Waals surface area (Å²) < 4.78 is 42.4. The summed E-state index contributed by atoms with van der Waals surface area (Å²) in [7, 11) is 2.89. The minimum atomic E-state index is -4.63. The predicted octanol–water partition coefficient (Wildman–Crippen LogP) is 2.35. The van der Waals surface area contributed by atoms with Crippen molar-refractivity contribution in [2.24, 2.45) is 14.1 Å². The van der Waals surface area contributed by atoms with E-state index in [0.29, 0.717) is 11.1 Å². The topological polar surface area (TPSA) is 52.7 Å². The average Bonchev–Trinajstić information content (AvgIpc) is 2.71. The van der Waals surface area contributed by atoms with Crippen molar-refractivity contribution in [1.82, 2.24) is 19.1 Å². The summed E-state index contributed by atoms with van der Waals surface area (Å²) in [6, 6.07) is 4.28. The summed E-state index contributed by atoms with van der Waals surface area (Å²) in [5.41, 5.74) is -0.850. The Hall–Kier alpha value is -2.64. The first-order chi connectivity index (χ1) is 10.3. The van der Waals surface area contributed by atoms with Crippen molar-refractivity contribution in [3.63, 3.8) is 0 Å². The zero-order valence-electron chi connectivity index (χ0n) is 11.7. The van der Waals surface area contributed by atoms with Gasteiger partial charge in [0.25, 0.3) is 0 Å². The molecular formula is C14H11F3N4O. The molecule has 0 spiro atoms. The number of halogens is 3. The predicted molar refractivity (Wildman–Crippen MR) is 74.2 cm³/mol. The fourth-order valence-electron chi connectivity index (χ4n) is 2.37. The lowest BCUT2D eigenvalue weighted by molar-refractivity contribution is -0.140. The summed E-state index contributed by atoms with van der Waals surface area (Å²) >= 11 is 0. The van der Waals surface area contributed by atoms with Crippen LogP contribution in [0, 0.1) is 0 Å². The van der Waals surface area contributed by atoms with Crippen LogP contribution in [0.25, 0.3) is 22.3 Å². The molecule has 3 aromatic rings. The third-order valence-corrected chi connectivity index (χ3v) is 3.50. The fourth-order valence-corrected chi connectivity index (χ4v) is 2.37. The van der Waals surface area contributed by atoms with Gasteiger partial charge in [0, 0.05) is 32.1 Å². The molecule has 0 radical (unpaired) electrons. The largest absolute Gasteiger partial charge is 0.434 e. The van der Waals surface area contributed by atoms with Gasteiger partial charge in [0.2, 0.25) is 0 Å². The van der Waals surface area contributed by atoms with Gasteiger partial charge in [0.1, 0.15) is 0 Å². The second-order valence-electron chi connectivity index (χ2n) is 4.86. The molecule has 0 atom stereocenters. The molecule has 0 saturated carbocycles. The van der Waals surface area contributed by atoms with Gasteiger partial charge >= 0.3 is 11.9 Å². The number of fused-ring (bicyclic) bond motifs is 1. The molecule has 0 aliphatic carbocycles. The maximum atomic E-state index is 13.3. The second kappa shape index (κ2) is 4.69. The van der Waals surface area contributed by atoms with Crippen LogP contribution in [0.3, 0.4) is 0 Å². The number of hydrogen-bond acceptors (Lipinski definition) is 3. The number of pyridine rings is 2. The van der Waals surface area contributed by atoms with Crippen molar-refractivity contribution in [3.05, 3.63) is 46.8 Å². The Morgan fingerprint density at radius 1 is 1.09 bits per heavy atom. The van der Waals surface area contributed by atoms with Crippen LogP contribution in [0.2, 0.25) is 0 Å². The Labute approximate surface area is 122 Å². The van der Waals surface area contributed by atoms with Crippen LogP contribution in [0.5, 0.6) is 0 Å². The Morgan fingerprint density at radius 3 is 2.32 bits per heavy atom. The van der Waals surface area contributed by atoms with Crippen LogP contribution >= 0.6 is 0 Å². The maximum Gasteiger partial charge on any atom is 0.434 e. The summed E-state index contributed by atoms with van der Waals surface area (Å²) in [6.07, 6.45) is -1.81. The molecule has 3 aromatic heterocycles. The van der Waals surface area contributed by atoms with Gasteiger partial charge in [-0.2, -0.15) is 13.2 Å². The molecule has 0 aromatic carbocycles. The SMILES string of the molecule is Cn1c(=O)n(C)c2nc(C(F)(F)F)c(-c3ccncc3)cc21. The van der Waals surface area contributed by atoms with Gasteiger partial charge in [-0.05, 0) is 23.8 Å². The smallest absolute Gasteiger partial charge is 0.293 e. The molecule has 0 bridgehead atoms. The van der Waals surface area contributed by atoms with Crippen molar-refractivity contribution < 1.29 is 13.2 Å². The number of rotatable bonds is 1. The van der Waals surface area contributed by atoms with Gasteiger partial charge in [-0.25, -0.2) is 9.78 Å². The monoisotopic (exact) mass is 308 g/mol. The number of nitrogens with zero attached hydrogens (tertiary/aromatic N) is 4. The van der Waals surface area contributed by atoms with E-state index in [4.69, 9.17) is 0 Å². The zero-order chi connectivity index (χ0) is 16.1. The average molecular weight is 308 g/mol. The molecule has 0 unspecified atom stereocenters. The van der Waals surface area contributed by atoms with E-state index in [9.17, 15) is 18.0 Å².